The van der Waals surface area contributed by atoms with Crippen molar-refractivity contribution in [3.8, 4) is 0 Å². The van der Waals surface area contributed by atoms with Crippen molar-refractivity contribution in [2.45, 2.75) is 46.6 Å². The monoisotopic (exact) mass is 407 g/mol. The third-order valence-corrected chi connectivity index (χ3v) is 5.02. The van der Waals surface area contributed by atoms with Crippen molar-refractivity contribution in [2.24, 2.45) is 5.41 Å². The normalized spacial score (nSPS) is 12.2. The van der Waals surface area contributed by atoms with Crippen LogP contribution in [0.4, 0.5) is 4.79 Å². The van der Waals surface area contributed by atoms with Crippen molar-refractivity contribution < 1.29 is 14.4 Å². The Morgan fingerprint density at radius 3 is 2.29 bits per heavy atom. The van der Waals surface area contributed by atoms with Crippen LogP contribution < -0.4 is 10.6 Å². The molecule has 0 aliphatic heterocycles. The fraction of sp³-hybridized carbons (Fsp3) is 0.571. The van der Waals surface area contributed by atoms with Crippen molar-refractivity contribution in [1.29, 1.82) is 0 Å². The lowest BCUT2D eigenvalue weighted by molar-refractivity contribution is -0.122. The van der Waals surface area contributed by atoms with Crippen molar-refractivity contribution >= 4 is 28.8 Å². The van der Waals surface area contributed by atoms with Gasteiger partial charge < -0.3 is 15.5 Å². The number of amides is 3. The summed E-state index contributed by atoms with van der Waals surface area (Å²) in [5, 5.41) is 5.53. The minimum atomic E-state index is -0.655. The van der Waals surface area contributed by atoms with Crippen LogP contribution in [0.5, 0.6) is 0 Å². The third kappa shape index (κ3) is 9.78. The first-order valence-electron chi connectivity index (χ1n) is 9.56. The molecule has 0 aromatic heterocycles. The van der Waals surface area contributed by atoms with Gasteiger partial charge in [-0.3, -0.25) is 9.59 Å². The van der Waals surface area contributed by atoms with Crippen LogP contribution in [0.2, 0.25) is 0 Å². The number of hydrogen-bond acceptors (Lipinski definition) is 4. The summed E-state index contributed by atoms with van der Waals surface area (Å²) in [6.45, 7) is 8.91. The van der Waals surface area contributed by atoms with Crippen molar-refractivity contribution in [1.82, 2.24) is 15.5 Å². The van der Waals surface area contributed by atoms with E-state index in [-0.39, 0.29) is 22.5 Å². The maximum Gasteiger partial charge on any atom is 0.318 e. The highest BCUT2D eigenvalue weighted by molar-refractivity contribution is 8.13. The van der Waals surface area contributed by atoms with Gasteiger partial charge in [0.1, 0.15) is 6.04 Å². The number of carbonyl (C=O) groups is 3. The molecule has 0 saturated heterocycles. The predicted octanol–water partition coefficient (Wildman–Crippen LogP) is 3.07. The zero-order chi connectivity index (χ0) is 21.2. The molecule has 1 atom stereocenters. The Hall–Kier alpha value is -2.02. The van der Waals surface area contributed by atoms with Crippen LogP contribution in [-0.2, 0) is 16.0 Å². The highest BCUT2D eigenvalue weighted by atomic mass is 32.2. The molecule has 1 aromatic rings. The van der Waals surface area contributed by atoms with E-state index in [9.17, 15) is 14.4 Å². The van der Waals surface area contributed by atoms with Gasteiger partial charge in [0.2, 0.25) is 5.91 Å². The van der Waals surface area contributed by atoms with Crippen LogP contribution in [0.25, 0.3) is 0 Å². The van der Waals surface area contributed by atoms with Crippen LogP contribution in [0, 0.1) is 5.41 Å². The molecule has 2 N–H and O–H groups in total. The highest BCUT2D eigenvalue weighted by Gasteiger charge is 2.24. The van der Waals surface area contributed by atoms with Crippen LogP contribution in [-0.4, -0.2) is 53.9 Å². The van der Waals surface area contributed by atoms with Crippen LogP contribution in [0.15, 0.2) is 30.3 Å². The van der Waals surface area contributed by atoms with E-state index >= 15 is 0 Å². The Morgan fingerprint density at radius 2 is 1.75 bits per heavy atom. The van der Waals surface area contributed by atoms with Gasteiger partial charge in [0.15, 0.2) is 5.12 Å². The Labute approximate surface area is 172 Å². The highest BCUT2D eigenvalue weighted by Crippen LogP contribution is 2.19. The molecule has 0 radical (unpaired) electrons. The van der Waals surface area contributed by atoms with E-state index < -0.39 is 6.04 Å². The molecule has 7 heteroatoms. The molecular weight excluding hydrogens is 374 g/mol. The molecule has 156 valence electrons. The molecule has 0 fully saturated rings. The Morgan fingerprint density at radius 1 is 1.11 bits per heavy atom. The molecule has 0 saturated carbocycles. The fourth-order valence-corrected chi connectivity index (χ4v) is 3.16. The molecule has 1 unspecified atom stereocenters. The Bertz CT molecular complexity index is 644. The fourth-order valence-electron chi connectivity index (χ4n) is 2.56. The van der Waals surface area contributed by atoms with E-state index in [4.69, 9.17) is 0 Å². The SMILES string of the molecule is CNC(=O)C(Cc1ccccc1)NC(=O)N(CCSC(C)=O)CCC(C)(C)C. The minimum absolute atomic E-state index is 0.0310. The number of likely N-dealkylation sites (N-methyl/N-ethyl adjacent to an activating group) is 1. The van der Waals surface area contributed by atoms with Gasteiger partial charge in [-0.15, -0.1) is 0 Å². The molecule has 1 aromatic carbocycles. The molecule has 0 spiro atoms. The van der Waals surface area contributed by atoms with E-state index in [0.29, 0.717) is 25.3 Å². The van der Waals surface area contributed by atoms with E-state index in [1.807, 2.05) is 30.3 Å². The number of nitrogens with one attached hydrogen (secondary N) is 2. The molecule has 0 aliphatic rings. The summed E-state index contributed by atoms with van der Waals surface area (Å²) in [5.74, 6) is 0.307. The van der Waals surface area contributed by atoms with Crippen molar-refractivity contribution in [3.63, 3.8) is 0 Å². The summed E-state index contributed by atoms with van der Waals surface area (Å²) >= 11 is 1.20. The van der Waals surface area contributed by atoms with Crippen molar-refractivity contribution in [3.05, 3.63) is 35.9 Å². The van der Waals surface area contributed by atoms with Crippen LogP contribution >= 0.6 is 11.8 Å². The van der Waals surface area contributed by atoms with Gasteiger partial charge in [-0.25, -0.2) is 4.79 Å². The number of nitrogens with zero attached hydrogens (tertiary/aromatic N) is 1. The maximum atomic E-state index is 12.9. The van der Waals surface area contributed by atoms with Crippen LogP contribution in [0.3, 0.4) is 0 Å². The van der Waals surface area contributed by atoms with E-state index in [0.717, 1.165) is 12.0 Å². The summed E-state index contributed by atoms with van der Waals surface area (Å²) in [6, 6.07) is 8.67. The van der Waals surface area contributed by atoms with Gasteiger partial charge in [0.25, 0.3) is 0 Å². The Kier molecular flexibility index (Phi) is 10.1. The lowest BCUT2D eigenvalue weighted by Crippen LogP contribution is -2.52. The Balaban J connectivity index is 2.82. The molecule has 0 bridgehead atoms. The van der Waals surface area contributed by atoms with Gasteiger partial charge in [0, 0.05) is 39.2 Å². The van der Waals surface area contributed by atoms with E-state index in [2.05, 4.69) is 31.4 Å². The van der Waals surface area contributed by atoms with Gasteiger partial charge >= 0.3 is 6.03 Å². The second kappa shape index (κ2) is 11.7. The summed E-state index contributed by atoms with van der Waals surface area (Å²) in [6.07, 6.45) is 1.25. The number of rotatable bonds is 9. The second-order valence-electron chi connectivity index (χ2n) is 7.94. The second-order valence-corrected chi connectivity index (χ2v) is 9.22. The lowest BCUT2D eigenvalue weighted by Gasteiger charge is -2.29. The van der Waals surface area contributed by atoms with Gasteiger partial charge in [0.05, 0.1) is 0 Å². The van der Waals surface area contributed by atoms with Crippen molar-refractivity contribution in [2.75, 3.05) is 25.9 Å². The zero-order valence-electron chi connectivity index (χ0n) is 17.6. The number of carbonyl (C=O) groups excluding carboxylic acids is 3. The number of benzene rings is 1. The van der Waals surface area contributed by atoms with Gasteiger partial charge in [-0.1, -0.05) is 62.9 Å². The standard InChI is InChI=1S/C21H33N3O3S/c1-16(25)28-14-13-24(12-11-21(2,3)4)20(27)23-18(19(26)22-5)15-17-9-7-6-8-10-17/h6-10,18H,11-15H2,1-5H3,(H,22,26)(H,23,27). The lowest BCUT2D eigenvalue weighted by atomic mass is 9.92. The smallest absolute Gasteiger partial charge is 0.318 e. The first-order valence-corrected chi connectivity index (χ1v) is 10.6. The molecule has 1 rings (SSSR count). The average Bonchev–Trinajstić information content (AvgIpc) is 2.62. The summed E-state index contributed by atoms with van der Waals surface area (Å²) in [7, 11) is 1.56. The first kappa shape index (κ1) is 24.0. The largest absolute Gasteiger partial charge is 0.357 e. The number of hydrogen-bond donors (Lipinski definition) is 2. The summed E-state index contributed by atoms with van der Waals surface area (Å²) in [4.78, 5) is 38.1. The molecule has 0 aliphatic carbocycles. The number of urea groups is 1. The van der Waals surface area contributed by atoms with E-state index in [1.165, 1.54) is 18.7 Å². The number of thioether (sulfide) groups is 1. The average molecular weight is 408 g/mol. The summed E-state index contributed by atoms with van der Waals surface area (Å²) < 4.78 is 0. The maximum absolute atomic E-state index is 12.9. The third-order valence-electron chi connectivity index (χ3n) is 4.23. The quantitative estimate of drug-likeness (QED) is 0.659. The minimum Gasteiger partial charge on any atom is -0.357 e. The molecule has 3 amide bonds. The molecule has 6 nitrogen and oxygen atoms in total. The predicted molar refractivity (Wildman–Crippen MR) is 115 cm³/mol. The summed E-state index contributed by atoms with van der Waals surface area (Å²) in [5.41, 5.74) is 1.06. The van der Waals surface area contributed by atoms with E-state index in [1.54, 1.807) is 11.9 Å². The first-order chi connectivity index (χ1) is 13.1. The molecule has 28 heavy (non-hydrogen) atoms. The molecular formula is C21H33N3O3S. The van der Waals surface area contributed by atoms with Gasteiger partial charge in [-0.05, 0) is 17.4 Å². The topological polar surface area (TPSA) is 78.5 Å². The van der Waals surface area contributed by atoms with Crippen LogP contribution in [0.1, 0.15) is 39.7 Å². The molecule has 0 heterocycles. The zero-order valence-corrected chi connectivity index (χ0v) is 18.4. The van der Waals surface area contributed by atoms with Gasteiger partial charge in [-0.2, -0.15) is 0 Å².